The topological polar surface area (TPSA) is 53.0 Å². The van der Waals surface area contributed by atoms with Gasteiger partial charge in [0.05, 0.1) is 5.70 Å². The van der Waals surface area contributed by atoms with Crippen molar-refractivity contribution in [3.05, 3.63) is 36.3 Å². The van der Waals surface area contributed by atoms with Gasteiger partial charge in [-0.25, -0.2) is 4.39 Å². The number of rotatable bonds is 8. The van der Waals surface area contributed by atoms with Crippen molar-refractivity contribution in [1.29, 1.82) is 0 Å². The Kier molecular flexibility index (Phi) is 7.65. The first-order valence-electron chi connectivity index (χ1n) is 8.91. The van der Waals surface area contributed by atoms with Gasteiger partial charge in [0.2, 0.25) is 5.91 Å². The van der Waals surface area contributed by atoms with Gasteiger partial charge in [0.1, 0.15) is 12.4 Å². The summed E-state index contributed by atoms with van der Waals surface area (Å²) >= 11 is 0. The summed E-state index contributed by atoms with van der Waals surface area (Å²) in [6.07, 6.45) is 7.86. The van der Waals surface area contributed by atoms with Crippen LogP contribution in [0.5, 0.6) is 0 Å². The van der Waals surface area contributed by atoms with Crippen molar-refractivity contribution in [3.8, 4) is 0 Å². The molecule has 2 saturated heterocycles. The lowest BCUT2D eigenvalue weighted by Gasteiger charge is -2.47. The van der Waals surface area contributed by atoms with E-state index < -0.39 is 5.83 Å². The molecule has 0 aromatic rings. The van der Waals surface area contributed by atoms with Crippen LogP contribution < -0.4 is 0 Å². The van der Waals surface area contributed by atoms with Gasteiger partial charge in [0.15, 0.2) is 0 Å². The van der Waals surface area contributed by atoms with Gasteiger partial charge in [-0.05, 0) is 37.2 Å². The van der Waals surface area contributed by atoms with E-state index in [2.05, 4.69) is 6.58 Å². The van der Waals surface area contributed by atoms with Crippen LogP contribution in [-0.2, 0) is 9.53 Å². The van der Waals surface area contributed by atoms with Gasteiger partial charge in [0.25, 0.3) is 0 Å². The van der Waals surface area contributed by atoms with Crippen molar-refractivity contribution >= 4 is 5.91 Å². The van der Waals surface area contributed by atoms with Gasteiger partial charge < -0.3 is 19.6 Å². The average Bonchev–Trinajstić information content (AvgIpc) is 2.56. The van der Waals surface area contributed by atoms with Crippen LogP contribution in [0.25, 0.3) is 0 Å². The van der Waals surface area contributed by atoms with Crippen LogP contribution >= 0.6 is 0 Å². The number of carbonyl (C=O) groups excluding carboxylic acids is 1. The molecule has 1 N–H and O–H groups in total. The summed E-state index contributed by atoms with van der Waals surface area (Å²) in [7, 11) is 1.54. The number of amides is 1. The second-order valence-electron chi connectivity index (χ2n) is 6.71. The summed E-state index contributed by atoms with van der Waals surface area (Å²) < 4.78 is 18.6. The summed E-state index contributed by atoms with van der Waals surface area (Å²) in [6.45, 7) is 6.90. The number of carbonyl (C=O) groups is 1. The molecule has 2 fully saturated rings. The zero-order chi connectivity index (χ0) is 18.2. The molecule has 2 aliphatic heterocycles. The van der Waals surface area contributed by atoms with Crippen LogP contribution in [0.2, 0.25) is 0 Å². The molecule has 0 radical (unpaired) electrons. The first-order chi connectivity index (χ1) is 12.1. The quantitative estimate of drug-likeness (QED) is 0.680. The molecular formula is C19H29FN2O3. The number of likely N-dealkylation sites (tertiary alicyclic amines) is 2. The maximum absolute atomic E-state index is 13.7. The van der Waals surface area contributed by atoms with Crippen molar-refractivity contribution in [1.82, 2.24) is 9.80 Å². The maximum Gasteiger partial charge on any atom is 0.248 e. The Balaban J connectivity index is 1.79. The Bertz CT molecular complexity index is 519. The highest BCUT2D eigenvalue weighted by atomic mass is 19.1. The number of piperidine rings is 1. The molecule has 0 bridgehead atoms. The molecule has 0 aromatic heterocycles. The number of hydrogen-bond acceptors (Lipinski definition) is 4. The van der Waals surface area contributed by atoms with Crippen molar-refractivity contribution in [3.63, 3.8) is 0 Å². The van der Waals surface area contributed by atoms with E-state index in [-0.39, 0.29) is 19.1 Å². The predicted octanol–water partition coefficient (Wildman–Crippen LogP) is 2.11. The maximum atomic E-state index is 13.7. The number of aliphatic hydroxyl groups excluding tert-OH is 1. The number of methoxy groups -OCH3 is 1. The first-order valence-corrected chi connectivity index (χ1v) is 8.91. The van der Waals surface area contributed by atoms with E-state index in [4.69, 9.17) is 9.84 Å². The third-order valence-electron chi connectivity index (χ3n) is 5.04. The number of ether oxygens (including phenoxy) is 1. The summed E-state index contributed by atoms with van der Waals surface area (Å²) in [5, 5.41) is 8.76. The van der Waals surface area contributed by atoms with E-state index in [1.54, 1.807) is 12.2 Å². The smallest absolute Gasteiger partial charge is 0.248 e. The molecule has 0 aromatic carbocycles. The van der Waals surface area contributed by atoms with E-state index in [0.717, 1.165) is 39.0 Å². The van der Waals surface area contributed by atoms with Crippen LogP contribution in [-0.4, -0.2) is 67.3 Å². The Morgan fingerprint density at radius 1 is 1.28 bits per heavy atom. The molecule has 0 saturated carbocycles. The number of hydrogen-bond donors (Lipinski definition) is 1. The number of allylic oxidation sites excluding steroid dienone is 3. The molecule has 6 heteroatoms. The molecule has 2 aliphatic rings. The minimum absolute atomic E-state index is 0.0600. The van der Waals surface area contributed by atoms with E-state index >= 15 is 0 Å². The molecule has 2 heterocycles. The van der Waals surface area contributed by atoms with Crippen molar-refractivity contribution in [2.45, 2.75) is 19.3 Å². The highest BCUT2D eigenvalue weighted by Gasteiger charge is 2.37. The Morgan fingerprint density at radius 3 is 2.52 bits per heavy atom. The van der Waals surface area contributed by atoms with Crippen molar-refractivity contribution in [2.24, 2.45) is 11.8 Å². The van der Waals surface area contributed by atoms with E-state index in [0.29, 0.717) is 24.0 Å². The fraction of sp³-hybridized carbons (Fsp3) is 0.632. The number of nitrogens with zero attached hydrogens (tertiary/aromatic N) is 2. The molecule has 25 heavy (non-hydrogen) atoms. The third-order valence-corrected chi connectivity index (χ3v) is 5.04. The second kappa shape index (κ2) is 9.73. The van der Waals surface area contributed by atoms with Gasteiger partial charge >= 0.3 is 0 Å². The van der Waals surface area contributed by atoms with Gasteiger partial charge in [-0.15, -0.1) is 0 Å². The van der Waals surface area contributed by atoms with Crippen molar-refractivity contribution < 1.29 is 19.0 Å². The number of halogens is 1. The standard InChI is InChI=1S/C19H29FN2O3/c1-15(20)18(6-4-3-5-11-23)22-12-17(13-22)16-7-9-21(10-8-16)19(24)14-25-2/h3-4,6,16-17,23H,1,5,7-14H2,2H3/b4-3-,18-6+. The summed E-state index contributed by atoms with van der Waals surface area (Å²) in [5.41, 5.74) is 0.526. The first kappa shape index (κ1) is 19.7. The Labute approximate surface area is 149 Å². The van der Waals surface area contributed by atoms with E-state index in [1.807, 2.05) is 15.9 Å². The van der Waals surface area contributed by atoms with Gasteiger partial charge in [-0.1, -0.05) is 18.7 Å². The largest absolute Gasteiger partial charge is 0.396 e. The molecule has 5 nitrogen and oxygen atoms in total. The lowest BCUT2D eigenvalue weighted by molar-refractivity contribution is -0.137. The normalized spacial score (nSPS) is 20.2. The molecule has 2 rings (SSSR count). The molecule has 0 atom stereocenters. The van der Waals surface area contributed by atoms with E-state index in [9.17, 15) is 9.18 Å². The number of aliphatic hydroxyl groups is 1. The highest BCUT2D eigenvalue weighted by Crippen LogP contribution is 2.35. The summed E-state index contributed by atoms with van der Waals surface area (Å²) in [5.74, 6) is 0.766. The Hall–Kier alpha value is -1.66. The molecular weight excluding hydrogens is 323 g/mol. The Morgan fingerprint density at radius 2 is 1.96 bits per heavy atom. The van der Waals surface area contributed by atoms with Crippen LogP contribution in [0, 0.1) is 11.8 Å². The average molecular weight is 352 g/mol. The molecule has 0 unspecified atom stereocenters. The monoisotopic (exact) mass is 352 g/mol. The van der Waals surface area contributed by atoms with Gasteiger partial charge in [0, 0.05) is 39.9 Å². The molecule has 0 spiro atoms. The van der Waals surface area contributed by atoms with Crippen LogP contribution in [0.1, 0.15) is 19.3 Å². The fourth-order valence-corrected chi connectivity index (χ4v) is 3.54. The highest BCUT2D eigenvalue weighted by molar-refractivity contribution is 5.77. The SMILES string of the molecule is C=C(F)/C(=C\C=C/CCO)N1CC(C2CCN(C(=O)COC)CC2)C1. The van der Waals surface area contributed by atoms with Gasteiger partial charge in [-0.2, -0.15) is 0 Å². The minimum atomic E-state index is -0.424. The minimum Gasteiger partial charge on any atom is -0.396 e. The van der Waals surface area contributed by atoms with Crippen LogP contribution in [0.4, 0.5) is 4.39 Å². The van der Waals surface area contributed by atoms with Gasteiger partial charge in [-0.3, -0.25) is 4.79 Å². The van der Waals surface area contributed by atoms with Crippen molar-refractivity contribution in [2.75, 3.05) is 46.5 Å². The van der Waals surface area contributed by atoms with Crippen LogP contribution in [0.3, 0.4) is 0 Å². The fourth-order valence-electron chi connectivity index (χ4n) is 3.54. The lowest BCUT2D eigenvalue weighted by atomic mass is 9.79. The predicted molar refractivity (Wildman–Crippen MR) is 95.4 cm³/mol. The summed E-state index contributed by atoms with van der Waals surface area (Å²) in [6, 6.07) is 0. The van der Waals surface area contributed by atoms with Crippen LogP contribution in [0.15, 0.2) is 36.3 Å². The molecule has 0 aliphatic carbocycles. The molecule has 140 valence electrons. The third kappa shape index (κ3) is 5.41. The lowest BCUT2D eigenvalue weighted by Crippen LogP contribution is -2.52. The zero-order valence-electron chi connectivity index (χ0n) is 15.0. The molecule has 1 amide bonds. The summed E-state index contributed by atoms with van der Waals surface area (Å²) in [4.78, 5) is 15.7. The van der Waals surface area contributed by atoms with E-state index in [1.165, 1.54) is 7.11 Å². The second-order valence-corrected chi connectivity index (χ2v) is 6.71. The zero-order valence-corrected chi connectivity index (χ0v) is 15.0.